The number of halogens is 1. The third kappa shape index (κ3) is 3.92. The maximum Gasteiger partial charge on any atom is 0.348 e. The lowest BCUT2D eigenvalue weighted by Crippen LogP contribution is -2.42. The molecule has 2 heterocycles. The lowest BCUT2D eigenvalue weighted by Gasteiger charge is -2.28. The fourth-order valence-corrected chi connectivity index (χ4v) is 6.73. The van der Waals surface area contributed by atoms with Crippen molar-refractivity contribution in [2.75, 3.05) is 6.61 Å². The smallest absolute Gasteiger partial charge is 0.348 e. The van der Waals surface area contributed by atoms with Crippen LogP contribution in [-0.4, -0.2) is 34.3 Å². The van der Waals surface area contributed by atoms with Crippen LogP contribution in [0.3, 0.4) is 0 Å². The number of aryl methyl sites for hydroxylation is 1. The summed E-state index contributed by atoms with van der Waals surface area (Å²) in [5.41, 5.74) is 1.55. The normalized spacial score (nSPS) is 22.9. The zero-order valence-corrected chi connectivity index (χ0v) is 19.7. The third-order valence-corrected chi connectivity index (χ3v) is 8.39. The van der Waals surface area contributed by atoms with Crippen molar-refractivity contribution in [1.82, 2.24) is 15.1 Å². The number of thiophene rings is 1. The molecule has 5 rings (SSSR count). The highest BCUT2D eigenvalue weighted by molar-refractivity contribution is 7.20. The van der Waals surface area contributed by atoms with Crippen molar-refractivity contribution < 1.29 is 14.3 Å². The van der Waals surface area contributed by atoms with Gasteiger partial charge in [0.2, 0.25) is 0 Å². The maximum atomic E-state index is 12.6. The summed E-state index contributed by atoms with van der Waals surface area (Å²) in [5.74, 6) is 1.37. The lowest BCUT2D eigenvalue weighted by atomic mass is 9.84. The zero-order chi connectivity index (χ0) is 22.4. The number of ether oxygens (including phenoxy) is 1. The number of aromatic nitrogens is 2. The molecule has 2 aromatic heterocycles. The SMILES string of the molecule is Cc1nn(-c2ccccc2Cl)c2sc(C(=O)OCC(=O)N[C@H](C)[C@@H]3C[C@H]4CC[C@H]3C4)cc12. The lowest BCUT2D eigenvalue weighted by molar-refractivity contribution is -0.125. The maximum absolute atomic E-state index is 12.6. The molecule has 8 heteroatoms. The summed E-state index contributed by atoms with van der Waals surface area (Å²) >= 11 is 7.63. The topological polar surface area (TPSA) is 73.2 Å². The van der Waals surface area contributed by atoms with Crippen LogP contribution in [0.25, 0.3) is 15.9 Å². The first-order valence-electron chi connectivity index (χ1n) is 11.1. The Balaban J connectivity index is 1.24. The van der Waals surface area contributed by atoms with Gasteiger partial charge in [-0.15, -0.1) is 11.3 Å². The summed E-state index contributed by atoms with van der Waals surface area (Å²) in [6.45, 7) is 3.69. The van der Waals surface area contributed by atoms with Crippen molar-refractivity contribution >= 4 is 45.0 Å². The Bertz CT molecular complexity index is 1190. The molecule has 0 radical (unpaired) electrons. The number of nitrogens with zero attached hydrogens (tertiary/aromatic N) is 2. The van der Waals surface area contributed by atoms with Crippen molar-refractivity contribution in [3.05, 3.63) is 45.9 Å². The second kappa shape index (κ2) is 8.52. The quantitative estimate of drug-likeness (QED) is 0.505. The summed E-state index contributed by atoms with van der Waals surface area (Å²) in [6, 6.07) is 9.33. The van der Waals surface area contributed by atoms with Gasteiger partial charge < -0.3 is 10.1 Å². The van der Waals surface area contributed by atoms with E-state index in [-0.39, 0.29) is 18.6 Å². The van der Waals surface area contributed by atoms with E-state index in [0.717, 1.165) is 33.4 Å². The monoisotopic (exact) mass is 471 g/mol. The number of benzene rings is 1. The molecular weight excluding hydrogens is 446 g/mol. The van der Waals surface area contributed by atoms with Gasteiger partial charge in [-0.1, -0.05) is 30.2 Å². The van der Waals surface area contributed by atoms with Crippen LogP contribution < -0.4 is 5.32 Å². The molecular formula is C24H26ClN3O3S. The molecule has 3 aromatic rings. The molecule has 2 fully saturated rings. The summed E-state index contributed by atoms with van der Waals surface area (Å²) < 4.78 is 7.08. The van der Waals surface area contributed by atoms with E-state index in [2.05, 4.69) is 17.3 Å². The molecule has 32 heavy (non-hydrogen) atoms. The van der Waals surface area contributed by atoms with Gasteiger partial charge >= 0.3 is 5.97 Å². The van der Waals surface area contributed by atoms with Crippen molar-refractivity contribution in [2.24, 2.45) is 17.8 Å². The third-order valence-electron chi connectivity index (χ3n) is 6.98. The molecule has 2 bridgehead atoms. The average Bonchev–Trinajstić information content (AvgIpc) is 3.55. The highest BCUT2D eigenvalue weighted by atomic mass is 35.5. The zero-order valence-electron chi connectivity index (χ0n) is 18.1. The molecule has 2 aliphatic rings. The van der Waals surface area contributed by atoms with Gasteiger partial charge in [-0.05, 0) is 69.1 Å². The molecule has 6 nitrogen and oxygen atoms in total. The van der Waals surface area contributed by atoms with Crippen LogP contribution in [0.4, 0.5) is 0 Å². The van der Waals surface area contributed by atoms with E-state index in [1.165, 1.54) is 37.0 Å². The predicted molar refractivity (Wildman–Crippen MR) is 126 cm³/mol. The van der Waals surface area contributed by atoms with Crippen LogP contribution in [0.5, 0.6) is 0 Å². The number of nitrogens with one attached hydrogen (secondary N) is 1. The summed E-state index contributed by atoms with van der Waals surface area (Å²) in [5, 5.41) is 9.06. The van der Waals surface area contributed by atoms with Gasteiger partial charge in [-0.25, -0.2) is 9.48 Å². The minimum Gasteiger partial charge on any atom is -0.451 e. The Labute approximate surface area is 195 Å². The first-order valence-corrected chi connectivity index (χ1v) is 12.3. The van der Waals surface area contributed by atoms with Gasteiger partial charge in [0.25, 0.3) is 5.91 Å². The number of fused-ring (bicyclic) bond motifs is 3. The number of carbonyl (C=O) groups is 2. The Hall–Kier alpha value is -2.38. The van der Waals surface area contributed by atoms with Crippen LogP contribution >= 0.6 is 22.9 Å². The van der Waals surface area contributed by atoms with Gasteiger partial charge in [0.05, 0.1) is 16.4 Å². The Morgan fingerprint density at radius 2 is 2.12 bits per heavy atom. The Morgan fingerprint density at radius 3 is 2.84 bits per heavy atom. The Morgan fingerprint density at radius 1 is 1.31 bits per heavy atom. The first-order chi connectivity index (χ1) is 15.4. The van der Waals surface area contributed by atoms with Gasteiger partial charge in [-0.2, -0.15) is 5.10 Å². The van der Waals surface area contributed by atoms with E-state index in [9.17, 15) is 9.59 Å². The molecule has 1 aromatic carbocycles. The number of amides is 1. The average molecular weight is 472 g/mol. The number of hydrogen-bond donors (Lipinski definition) is 1. The molecule has 168 valence electrons. The number of para-hydroxylation sites is 1. The minimum absolute atomic E-state index is 0.116. The number of rotatable bonds is 6. The number of esters is 1. The van der Waals surface area contributed by atoms with Crippen molar-refractivity contribution in [2.45, 2.75) is 45.6 Å². The number of hydrogen-bond acceptors (Lipinski definition) is 5. The Kier molecular flexibility index (Phi) is 5.72. The standard InChI is InChI=1S/C24H26ClN3O3S/c1-13(17-10-15-7-8-16(17)9-15)26-22(29)12-31-24(30)21-11-18-14(2)27-28(23(18)32-21)20-6-4-3-5-19(20)25/h3-6,11,13,15-17H,7-10,12H2,1-2H3,(H,26,29)/t13-,15+,16+,17+/m1/s1. The highest BCUT2D eigenvalue weighted by Crippen LogP contribution is 2.49. The van der Waals surface area contributed by atoms with Crippen LogP contribution in [0.2, 0.25) is 5.02 Å². The molecule has 1 N–H and O–H groups in total. The molecule has 2 saturated carbocycles. The van der Waals surface area contributed by atoms with Crippen LogP contribution in [0.15, 0.2) is 30.3 Å². The molecule has 0 aliphatic heterocycles. The van der Waals surface area contributed by atoms with Crippen molar-refractivity contribution in [3.8, 4) is 5.69 Å². The molecule has 4 atom stereocenters. The van der Waals surface area contributed by atoms with E-state index < -0.39 is 5.97 Å². The van der Waals surface area contributed by atoms with E-state index in [0.29, 0.717) is 15.8 Å². The van der Waals surface area contributed by atoms with Gasteiger partial charge in [0.15, 0.2) is 6.61 Å². The van der Waals surface area contributed by atoms with Gasteiger partial charge in [-0.3, -0.25) is 4.79 Å². The predicted octanol–water partition coefficient (Wildman–Crippen LogP) is 5.15. The summed E-state index contributed by atoms with van der Waals surface area (Å²) in [4.78, 5) is 26.3. The number of carbonyl (C=O) groups excluding carboxylic acids is 2. The second-order valence-electron chi connectivity index (χ2n) is 9.05. The summed E-state index contributed by atoms with van der Waals surface area (Å²) in [6.07, 6.45) is 5.12. The van der Waals surface area contributed by atoms with Gasteiger partial charge in [0.1, 0.15) is 9.71 Å². The largest absolute Gasteiger partial charge is 0.451 e. The molecule has 2 aliphatic carbocycles. The second-order valence-corrected chi connectivity index (χ2v) is 10.5. The molecule has 0 saturated heterocycles. The van der Waals surface area contributed by atoms with E-state index in [1.54, 1.807) is 16.8 Å². The minimum atomic E-state index is -0.501. The summed E-state index contributed by atoms with van der Waals surface area (Å²) in [7, 11) is 0. The molecule has 0 spiro atoms. The van der Waals surface area contributed by atoms with E-state index >= 15 is 0 Å². The fraction of sp³-hybridized carbons (Fsp3) is 0.458. The fourth-order valence-electron chi connectivity index (χ4n) is 5.45. The highest BCUT2D eigenvalue weighted by Gasteiger charge is 2.42. The van der Waals surface area contributed by atoms with Gasteiger partial charge in [0, 0.05) is 11.4 Å². The van der Waals surface area contributed by atoms with Crippen LogP contribution in [0.1, 0.15) is 48.0 Å². The van der Waals surface area contributed by atoms with Crippen molar-refractivity contribution in [1.29, 1.82) is 0 Å². The van der Waals surface area contributed by atoms with Crippen molar-refractivity contribution in [3.63, 3.8) is 0 Å². The van der Waals surface area contributed by atoms with E-state index in [4.69, 9.17) is 16.3 Å². The molecule has 1 amide bonds. The first kappa shape index (κ1) is 21.5. The van der Waals surface area contributed by atoms with E-state index in [1.807, 2.05) is 25.1 Å². The van der Waals surface area contributed by atoms with Crippen LogP contribution in [-0.2, 0) is 9.53 Å². The van der Waals surface area contributed by atoms with Crippen LogP contribution in [0, 0.1) is 24.7 Å². The molecule has 0 unspecified atom stereocenters.